The summed E-state index contributed by atoms with van der Waals surface area (Å²) in [6.07, 6.45) is 7.21. The normalized spacial score (nSPS) is 23.4. The van der Waals surface area contributed by atoms with Crippen LogP contribution >= 0.6 is 11.8 Å². The number of hydrogen-bond donors (Lipinski definition) is 3. The second-order valence-corrected chi connectivity index (χ2v) is 6.70. The SMILES string of the molecule is CCC(CC)(CO)CNC(=O)NC1CCC(SC)C1. The van der Waals surface area contributed by atoms with Crippen LogP contribution in [0.2, 0.25) is 0 Å². The first-order valence-electron chi connectivity index (χ1n) is 7.27. The van der Waals surface area contributed by atoms with Gasteiger partial charge < -0.3 is 15.7 Å². The minimum absolute atomic E-state index is 0.0912. The lowest BCUT2D eigenvalue weighted by Crippen LogP contribution is -2.46. The molecule has 0 aromatic rings. The molecule has 0 bridgehead atoms. The molecule has 0 aromatic heterocycles. The van der Waals surface area contributed by atoms with Crippen LogP contribution in [0.5, 0.6) is 0 Å². The third kappa shape index (κ3) is 4.88. The van der Waals surface area contributed by atoms with Crippen molar-refractivity contribution in [1.82, 2.24) is 10.6 Å². The second kappa shape index (κ2) is 8.00. The summed E-state index contributed by atoms with van der Waals surface area (Å²) in [7, 11) is 0. The van der Waals surface area contributed by atoms with Crippen LogP contribution in [-0.2, 0) is 0 Å². The topological polar surface area (TPSA) is 61.4 Å². The van der Waals surface area contributed by atoms with Crippen LogP contribution in [0.3, 0.4) is 0 Å². The van der Waals surface area contributed by atoms with E-state index in [0.717, 1.165) is 25.7 Å². The maximum Gasteiger partial charge on any atom is 0.315 e. The highest BCUT2D eigenvalue weighted by atomic mass is 32.2. The molecule has 2 unspecified atom stereocenters. The van der Waals surface area contributed by atoms with Gasteiger partial charge in [-0.2, -0.15) is 11.8 Å². The molecule has 0 spiro atoms. The Bertz CT molecular complexity index is 274. The van der Waals surface area contributed by atoms with Crippen molar-refractivity contribution >= 4 is 17.8 Å². The zero-order valence-corrected chi connectivity index (χ0v) is 13.2. The number of nitrogens with one attached hydrogen (secondary N) is 2. The number of carbonyl (C=O) groups excluding carboxylic acids is 1. The van der Waals surface area contributed by atoms with Gasteiger partial charge in [0.25, 0.3) is 0 Å². The van der Waals surface area contributed by atoms with Gasteiger partial charge in [-0.05, 0) is 38.4 Å². The summed E-state index contributed by atoms with van der Waals surface area (Å²) in [5, 5.41) is 16.1. The van der Waals surface area contributed by atoms with Crippen molar-refractivity contribution in [2.45, 2.75) is 57.2 Å². The number of urea groups is 1. The van der Waals surface area contributed by atoms with E-state index < -0.39 is 0 Å². The second-order valence-electron chi connectivity index (χ2n) is 5.56. The largest absolute Gasteiger partial charge is 0.396 e. The zero-order valence-electron chi connectivity index (χ0n) is 12.4. The van der Waals surface area contributed by atoms with Gasteiger partial charge in [-0.25, -0.2) is 4.79 Å². The molecule has 1 fully saturated rings. The quantitative estimate of drug-likeness (QED) is 0.674. The lowest BCUT2D eigenvalue weighted by atomic mass is 9.83. The predicted molar refractivity (Wildman–Crippen MR) is 81.6 cm³/mol. The van der Waals surface area contributed by atoms with E-state index in [4.69, 9.17) is 0 Å². The van der Waals surface area contributed by atoms with E-state index in [1.165, 1.54) is 6.42 Å². The lowest BCUT2D eigenvalue weighted by molar-refractivity contribution is 0.115. The Hall–Kier alpha value is -0.420. The third-order valence-corrected chi connectivity index (χ3v) is 5.61. The van der Waals surface area contributed by atoms with Gasteiger partial charge in [0, 0.05) is 23.3 Å². The van der Waals surface area contributed by atoms with E-state index in [1.807, 2.05) is 11.8 Å². The first-order valence-corrected chi connectivity index (χ1v) is 8.56. The molecule has 0 heterocycles. The Kier molecular flexibility index (Phi) is 7.00. The highest BCUT2D eigenvalue weighted by Gasteiger charge is 2.28. The van der Waals surface area contributed by atoms with Crippen molar-refractivity contribution in [3.05, 3.63) is 0 Å². The average Bonchev–Trinajstić information content (AvgIpc) is 2.88. The summed E-state index contributed by atoms with van der Waals surface area (Å²) < 4.78 is 0. The molecule has 4 nitrogen and oxygen atoms in total. The summed E-state index contributed by atoms with van der Waals surface area (Å²) in [4.78, 5) is 11.9. The van der Waals surface area contributed by atoms with E-state index in [2.05, 4.69) is 30.7 Å². The van der Waals surface area contributed by atoms with Gasteiger partial charge in [0.1, 0.15) is 0 Å². The molecular formula is C14H28N2O2S. The molecule has 0 aliphatic heterocycles. The van der Waals surface area contributed by atoms with Crippen molar-refractivity contribution < 1.29 is 9.90 Å². The standard InChI is InChI=1S/C14H28N2O2S/c1-4-14(5-2,10-17)9-15-13(18)16-11-6-7-12(8-11)19-3/h11-12,17H,4-10H2,1-3H3,(H2,15,16,18). The zero-order chi connectivity index (χ0) is 14.3. The van der Waals surface area contributed by atoms with Crippen LogP contribution in [0.25, 0.3) is 0 Å². The number of amides is 2. The summed E-state index contributed by atoms with van der Waals surface area (Å²) in [5.41, 5.74) is -0.172. The lowest BCUT2D eigenvalue weighted by Gasteiger charge is -2.29. The fourth-order valence-corrected chi connectivity index (χ4v) is 3.37. The van der Waals surface area contributed by atoms with Crippen LogP contribution in [-0.4, -0.2) is 41.8 Å². The van der Waals surface area contributed by atoms with Crippen LogP contribution < -0.4 is 10.6 Å². The van der Waals surface area contributed by atoms with Gasteiger partial charge in [-0.3, -0.25) is 0 Å². The summed E-state index contributed by atoms with van der Waals surface area (Å²) in [5.74, 6) is 0. The number of aliphatic hydroxyl groups excluding tert-OH is 1. The fraction of sp³-hybridized carbons (Fsp3) is 0.929. The van der Waals surface area contributed by atoms with Crippen LogP contribution in [0.1, 0.15) is 46.0 Å². The molecule has 19 heavy (non-hydrogen) atoms. The number of hydrogen-bond acceptors (Lipinski definition) is 3. The molecular weight excluding hydrogens is 260 g/mol. The Balaban J connectivity index is 2.31. The first kappa shape index (κ1) is 16.6. The van der Waals surface area contributed by atoms with Crippen molar-refractivity contribution in [1.29, 1.82) is 0 Å². The van der Waals surface area contributed by atoms with E-state index in [1.54, 1.807) is 0 Å². The van der Waals surface area contributed by atoms with Crippen LogP contribution in [0, 0.1) is 5.41 Å². The summed E-state index contributed by atoms with van der Waals surface area (Å²) in [6.45, 7) is 4.78. The average molecular weight is 288 g/mol. The van der Waals surface area contributed by atoms with Gasteiger partial charge in [-0.1, -0.05) is 13.8 Å². The number of thioether (sulfide) groups is 1. The van der Waals surface area contributed by atoms with Crippen LogP contribution in [0.4, 0.5) is 4.79 Å². The molecule has 112 valence electrons. The predicted octanol–water partition coefficient (Wildman–Crippen LogP) is 2.37. The number of aliphatic hydroxyl groups is 1. The van der Waals surface area contributed by atoms with E-state index in [9.17, 15) is 9.90 Å². The van der Waals surface area contributed by atoms with Gasteiger partial charge in [0.15, 0.2) is 0 Å². The summed E-state index contributed by atoms with van der Waals surface area (Å²) in [6, 6.07) is 0.218. The molecule has 1 aliphatic carbocycles. The Morgan fingerprint density at radius 3 is 2.53 bits per heavy atom. The van der Waals surface area contributed by atoms with Gasteiger partial charge in [0.2, 0.25) is 0 Å². The Labute approximate surface area is 121 Å². The van der Waals surface area contributed by atoms with Gasteiger partial charge in [0.05, 0.1) is 6.61 Å². The molecule has 2 amide bonds. The van der Waals surface area contributed by atoms with E-state index in [-0.39, 0.29) is 18.1 Å². The minimum Gasteiger partial charge on any atom is -0.396 e. The van der Waals surface area contributed by atoms with Crippen molar-refractivity contribution in [3.8, 4) is 0 Å². The number of carbonyl (C=O) groups is 1. The minimum atomic E-state index is -0.172. The Morgan fingerprint density at radius 2 is 2.05 bits per heavy atom. The molecule has 1 saturated carbocycles. The maximum absolute atomic E-state index is 11.9. The molecule has 0 saturated heterocycles. The number of rotatable bonds is 7. The first-order chi connectivity index (χ1) is 9.09. The van der Waals surface area contributed by atoms with E-state index >= 15 is 0 Å². The molecule has 2 atom stereocenters. The monoisotopic (exact) mass is 288 g/mol. The molecule has 0 radical (unpaired) electrons. The molecule has 0 aromatic carbocycles. The van der Waals surface area contributed by atoms with Gasteiger partial charge >= 0.3 is 6.03 Å². The fourth-order valence-electron chi connectivity index (χ4n) is 2.57. The molecule has 3 N–H and O–H groups in total. The summed E-state index contributed by atoms with van der Waals surface area (Å²) >= 11 is 1.89. The molecule has 1 rings (SSSR count). The van der Waals surface area contributed by atoms with Crippen molar-refractivity contribution in [3.63, 3.8) is 0 Å². The highest BCUT2D eigenvalue weighted by Crippen LogP contribution is 2.28. The smallest absolute Gasteiger partial charge is 0.315 e. The van der Waals surface area contributed by atoms with E-state index in [0.29, 0.717) is 17.8 Å². The highest BCUT2D eigenvalue weighted by molar-refractivity contribution is 7.99. The third-order valence-electron chi connectivity index (χ3n) is 4.51. The maximum atomic E-state index is 11.9. The molecule has 1 aliphatic rings. The van der Waals surface area contributed by atoms with Crippen molar-refractivity contribution in [2.75, 3.05) is 19.4 Å². The molecule has 5 heteroatoms. The van der Waals surface area contributed by atoms with Crippen LogP contribution in [0.15, 0.2) is 0 Å². The van der Waals surface area contributed by atoms with Crippen molar-refractivity contribution in [2.24, 2.45) is 5.41 Å². The Morgan fingerprint density at radius 1 is 1.37 bits per heavy atom. The van der Waals surface area contributed by atoms with Gasteiger partial charge in [-0.15, -0.1) is 0 Å².